The van der Waals surface area contributed by atoms with Crippen LogP contribution in [0.5, 0.6) is 0 Å². The summed E-state index contributed by atoms with van der Waals surface area (Å²) in [6, 6.07) is 1.50. The molecule has 2 rings (SSSR count). The summed E-state index contributed by atoms with van der Waals surface area (Å²) >= 11 is 0. The lowest BCUT2D eigenvalue weighted by molar-refractivity contribution is -0.121. The highest BCUT2D eigenvalue weighted by Crippen LogP contribution is 2.34. The summed E-state index contributed by atoms with van der Waals surface area (Å²) in [5, 5.41) is 3.52. The Bertz CT molecular complexity index is 460. The van der Waals surface area contributed by atoms with Crippen molar-refractivity contribution in [1.29, 1.82) is 0 Å². The number of nitrogens with zero attached hydrogens (tertiary/aromatic N) is 2. The number of nitrogens with two attached hydrogens (primary N) is 1. The lowest BCUT2D eigenvalue weighted by Crippen LogP contribution is -2.52. The number of primary amides is 1. The van der Waals surface area contributed by atoms with Gasteiger partial charge in [-0.1, -0.05) is 5.16 Å². The number of hydrogen-bond donors (Lipinski definition) is 1. The van der Waals surface area contributed by atoms with Crippen LogP contribution in [0.1, 0.15) is 29.8 Å². The maximum absolute atomic E-state index is 12.4. The number of carbonyl (C=O) groups excluding carboxylic acids is 2. The Morgan fingerprint density at radius 3 is 3.00 bits per heavy atom. The van der Waals surface area contributed by atoms with E-state index in [9.17, 15) is 9.59 Å². The van der Waals surface area contributed by atoms with E-state index in [2.05, 4.69) is 5.16 Å². The van der Waals surface area contributed by atoms with E-state index in [0.717, 1.165) is 6.42 Å². The molecule has 2 amide bonds. The molecule has 0 radical (unpaired) electrons. The molecule has 1 atom stereocenters. The summed E-state index contributed by atoms with van der Waals surface area (Å²) in [6.45, 7) is 0.825. The Morgan fingerprint density at radius 1 is 1.63 bits per heavy atom. The first-order valence-electron chi connectivity index (χ1n) is 6.09. The topological polar surface area (TPSA) is 98.7 Å². The van der Waals surface area contributed by atoms with Gasteiger partial charge in [-0.05, 0) is 12.8 Å². The van der Waals surface area contributed by atoms with Crippen LogP contribution < -0.4 is 5.73 Å². The van der Waals surface area contributed by atoms with Crippen LogP contribution in [-0.2, 0) is 9.53 Å². The number of hydrogen-bond acceptors (Lipinski definition) is 5. The van der Waals surface area contributed by atoms with Crippen molar-refractivity contribution in [2.75, 3.05) is 20.3 Å². The molecule has 1 fully saturated rings. The van der Waals surface area contributed by atoms with E-state index in [1.807, 2.05) is 0 Å². The molecular formula is C12H17N3O4. The molecule has 7 heteroatoms. The van der Waals surface area contributed by atoms with Gasteiger partial charge in [0.1, 0.15) is 0 Å². The molecular weight excluding hydrogens is 250 g/mol. The van der Waals surface area contributed by atoms with Crippen molar-refractivity contribution < 1.29 is 18.8 Å². The first-order chi connectivity index (χ1) is 9.09. The summed E-state index contributed by atoms with van der Waals surface area (Å²) in [4.78, 5) is 25.3. The van der Waals surface area contributed by atoms with Crippen molar-refractivity contribution in [2.45, 2.75) is 24.8 Å². The minimum Gasteiger partial charge on any atom is -0.382 e. The third-order valence-corrected chi connectivity index (χ3v) is 3.41. The lowest BCUT2D eigenvalue weighted by Gasteiger charge is -2.36. The highest BCUT2D eigenvalue weighted by Gasteiger charge is 2.45. The van der Waals surface area contributed by atoms with E-state index < -0.39 is 11.4 Å². The van der Waals surface area contributed by atoms with E-state index in [0.29, 0.717) is 13.0 Å². The average Bonchev–Trinajstić information content (AvgIpc) is 2.97. The van der Waals surface area contributed by atoms with Crippen LogP contribution in [-0.4, -0.2) is 47.7 Å². The smallest absolute Gasteiger partial charge is 0.293 e. The van der Waals surface area contributed by atoms with Crippen molar-refractivity contribution in [3.63, 3.8) is 0 Å². The first kappa shape index (κ1) is 13.5. The predicted molar refractivity (Wildman–Crippen MR) is 65.2 cm³/mol. The van der Waals surface area contributed by atoms with Crippen LogP contribution >= 0.6 is 0 Å². The number of ether oxygens (including phenoxy) is 1. The van der Waals surface area contributed by atoms with E-state index >= 15 is 0 Å². The largest absolute Gasteiger partial charge is 0.382 e. The molecule has 1 aliphatic heterocycles. The molecule has 0 spiro atoms. The van der Waals surface area contributed by atoms with Crippen molar-refractivity contribution in [3.8, 4) is 0 Å². The quantitative estimate of drug-likeness (QED) is 0.820. The second-order valence-electron chi connectivity index (χ2n) is 4.74. The van der Waals surface area contributed by atoms with Gasteiger partial charge < -0.3 is 19.9 Å². The van der Waals surface area contributed by atoms with Gasteiger partial charge in [-0.15, -0.1) is 0 Å². The lowest BCUT2D eigenvalue weighted by atomic mass is 9.92. The zero-order valence-corrected chi connectivity index (χ0v) is 10.8. The zero-order valence-electron chi connectivity index (χ0n) is 10.8. The predicted octanol–water partition coefficient (Wildman–Crippen LogP) is 0.171. The maximum atomic E-state index is 12.4. The standard InChI is InChI=1S/C12H17N3O4/c1-18-8-12(7-10(13)16)4-2-6-15(12)11(17)9-3-5-14-19-9/h3,5H,2,4,6-8H2,1H3,(H2,13,16)/t12-/m0/s1. The van der Waals surface area contributed by atoms with Crippen molar-refractivity contribution in [3.05, 3.63) is 18.0 Å². The molecule has 104 valence electrons. The third-order valence-electron chi connectivity index (χ3n) is 3.41. The summed E-state index contributed by atoms with van der Waals surface area (Å²) in [5.74, 6) is -0.575. The van der Waals surface area contributed by atoms with Crippen molar-refractivity contribution in [2.24, 2.45) is 5.73 Å². The molecule has 2 heterocycles. The third kappa shape index (κ3) is 2.60. The van der Waals surface area contributed by atoms with E-state index in [4.69, 9.17) is 15.0 Å². The van der Waals surface area contributed by atoms with Gasteiger partial charge in [0.25, 0.3) is 5.91 Å². The number of rotatable bonds is 5. The molecule has 7 nitrogen and oxygen atoms in total. The van der Waals surface area contributed by atoms with Gasteiger partial charge in [0.15, 0.2) is 0 Å². The average molecular weight is 267 g/mol. The Morgan fingerprint density at radius 2 is 2.42 bits per heavy atom. The number of amides is 2. The van der Waals surface area contributed by atoms with E-state index in [1.165, 1.54) is 19.4 Å². The van der Waals surface area contributed by atoms with Gasteiger partial charge in [0, 0.05) is 19.7 Å². The number of methoxy groups -OCH3 is 1. The number of likely N-dealkylation sites (tertiary alicyclic amines) is 1. The van der Waals surface area contributed by atoms with Crippen LogP contribution in [0, 0.1) is 0 Å². The van der Waals surface area contributed by atoms with Gasteiger partial charge in [0.2, 0.25) is 11.7 Å². The highest BCUT2D eigenvalue weighted by molar-refractivity contribution is 5.92. The monoisotopic (exact) mass is 267 g/mol. The SMILES string of the molecule is COC[C@@]1(CC(N)=O)CCCN1C(=O)c1ccno1. The Labute approximate surface area is 110 Å². The second kappa shape index (κ2) is 5.40. The molecule has 0 aromatic carbocycles. The highest BCUT2D eigenvalue weighted by atomic mass is 16.5. The summed E-state index contributed by atoms with van der Waals surface area (Å²) in [5.41, 5.74) is 4.62. The second-order valence-corrected chi connectivity index (χ2v) is 4.74. The Balaban J connectivity index is 2.26. The van der Waals surface area contributed by atoms with Crippen molar-refractivity contribution >= 4 is 11.8 Å². The molecule has 0 saturated carbocycles. The first-order valence-corrected chi connectivity index (χ1v) is 6.09. The Kier molecular flexibility index (Phi) is 3.84. The van der Waals surface area contributed by atoms with Crippen LogP contribution in [0.2, 0.25) is 0 Å². The fourth-order valence-electron chi connectivity index (χ4n) is 2.69. The number of aromatic nitrogens is 1. The molecule has 19 heavy (non-hydrogen) atoms. The van der Waals surface area contributed by atoms with Crippen molar-refractivity contribution in [1.82, 2.24) is 10.1 Å². The summed E-state index contributed by atoms with van der Waals surface area (Å²) < 4.78 is 10.1. The van der Waals surface area contributed by atoms with E-state index in [1.54, 1.807) is 4.90 Å². The molecule has 0 unspecified atom stereocenters. The molecule has 1 aromatic heterocycles. The van der Waals surface area contributed by atoms with Gasteiger partial charge in [-0.2, -0.15) is 0 Å². The summed E-state index contributed by atoms with van der Waals surface area (Å²) in [6.07, 6.45) is 2.98. The fourth-order valence-corrected chi connectivity index (χ4v) is 2.69. The van der Waals surface area contributed by atoms with Crippen LogP contribution in [0.25, 0.3) is 0 Å². The minimum absolute atomic E-state index is 0.0840. The molecule has 0 bridgehead atoms. The normalized spacial score (nSPS) is 22.7. The molecule has 1 aromatic rings. The van der Waals surface area contributed by atoms with Gasteiger partial charge in [-0.25, -0.2) is 0 Å². The molecule has 2 N–H and O–H groups in total. The number of carbonyl (C=O) groups is 2. The minimum atomic E-state index is -0.676. The Hall–Kier alpha value is -1.89. The van der Waals surface area contributed by atoms with Crippen LogP contribution in [0.3, 0.4) is 0 Å². The van der Waals surface area contributed by atoms with Crippen LogP contribution in [0.4, 0.5) is 0 Å². The van der Waals surface area contributed by atoms with E-state index in [-0.39, 0.29) is 24.7 Å². The molecule has 1 saturated heterocycles. The van der Waals surface area contributed by atoms with Gasteiger partial charge in [-0.3, -0.25) is 9.59 Å². The van der Waals surface area contributed by atoms with Gasteiger partial charge >= 0.3 is 0 Å². The zero-order chi connectivity index (χ0) is 13.9. The molecule has 1 aliphatic rings. The summed E-state index contributed by atoms with van der Waals surface area (Å²) in [7, 11) is 1.54. The molecule has 0 aliphatic carbocycles. The fraction of sp³-hybridized carbons (Fsp3) is 0.583. The van der Waals surface area contributed by atoms with Crippen LogP contribution in [0.15, 0.2) is 16.8 Å². The van der Waals surface area contributed by atoms with Gasteiger partial charge in [0.05, 0.1) is 24.8 Å². The maximum Gasteiger partial charge on any atom is 0.293 e.